The van der Waals surface area contributed by atoms with Crippen LogP contribution in [0.4, 0.5) is 5.69 Å². The lowest BCUT2D eigenvalue weighted by atomic mass is 9.93. The summed E-state index contributed by atoms with van der Waals surface area (Å²) < 4.78 is 23.8. The standard InChI is InChI=1S/C16H24N2O2S/c1-3-16-15-10-17-9-12(15)11-18(16)13-5-7-14(8-6-13)21(19,20)4-2/h5-8,12,15-17H,3-4,9-11H2,1-2H3. The van der Waals surface area contributed by atoms with Crippen LogP contribution in [0.25, 0.3) is 0 Å². The topological polar surface area (TPSA) is 49.4 Å². The number of hydrogen-bond acceptors (Lipinski definition) is 4. The monoisotopic (exact) mass is 308 g/mol. The Morgan fingerprint density at radius 1 is 1.19 bits per heavy atom. The second kappa shape index (κ2) is 5.61. The summed E-state index contributed by atoms with van der Waals surface area (Å²) in [6.07, 6.45) is 1.14. The van der Waals surface area contributed by atoms with E-state index in [1.807, 2.05) is 12.1 Å². The molecule has 5 heteroatoms. The van der Waals surface area contributed by atoms with Crippen molar-refractivity contribution in [1.29, 1.82) is 0 Å². The van der Waals surface area contributed by atoms with Crippen molar-refractivity contribution in [1.82, 2.24) is 5.32 Å². The largest absolute Gasteiger partial charge is 0.368 e. The molecule has 1 aromatic rings. The van der Waals surface area contributed by atoms with Gasteiger partial charge in [-0.2, -0.15) is 0 Å². The summed E-state index contributed by atoms with van der Waals surface area (Å²) in [4.78, 5) is 2.90. The van der Waals surface area contributed by atoms with Crippen LogP contribution in [0.5, 0.6) is 0 Å². The Kier molecular flexibility index (Phi) is 3.97. The predicted molar refractivity (Wildman–Crippen MR) is 85.4 cm³/mol. The van der Waals surface area contributed by atoms with Gasteiger partial charge in [-0.25, -0.2) is 8.42 Å². The van der Waals surface area contributed by atoms with Crippen LogP contribution in [0.15, 0.2) is 29.2 Å². The molecule has 116 valence electrons. The maximum Gasteiger partial charge on any atom is 0.178 e. The van der Waals surface area contributed by atoms with E-state index in [0.29, 0.717) is 10.9 Å². The number of nitrogens with one attached hydrogen (secondary N) is 1. The molecule has 2 heterocycles. The summed E-state index contributed by atoms with van der Waals surface area (Å²) in [5, 5.41) is 3.49. The van der Waals surface area contributed by atoms with E-state index in [2.05, 4.69) is 17.1 Å². The van der Waals surface area contributed by atoms with E-state index in [0.717, 1.165) is 43.6 Å². The number of benzene rings is 1. The fraction of sp³-hybridized carbons (Fsp3) is 0.625. The van der Waals surface area contributed by atoms with Gasteiger partial charge in [0.2, 0.25) is 0 Å². The molecule has 0 bridgehead atoms. The second-order valence-corrected chi connectivity index (χ2v) is 8.39. The van der Waals surface area contributed by atoms with Crippen molar-refractivity contribution in [2.75, 3.05) is 30.3 Å². The van der Waals surface area contributed by atoms with Crippen LogP contribution in [0.1, 0.15) is 20.3 Å². The fourth-order valence-electron chi connectivity index (χ4n) is 3.85. The summed E-state index contributed by atoms with van der Waals surface area (Å²) >= 11 is 0. The molecule has 0 amide bonds. The Hall–Kier alpha value is -1.07. The molecule has 0 aliphatic carbocycles. The molecule has 3 rings (SSSR count). The highest BCUT2D eigenvalue weighted by molar-refractivity contribution is 7.91. The van der Waals surface area contributed by atoms with Crippen LogP contribution < -0.4 is 10.2 Å². The first-order valence-electron chi connectivity index (χ1n) is 7.87. The van der Waals surface area contributed by atoms with Gasteiger partial charge in [0.25, 0.3) is 0 Å². The predicted octanol–water partition coefficient (Wildman–Crippen LogP) is 1.91. The van der Waals surface area contributed by atoms with Crippen LogP contribution in [0.3, 0.4) is 0 Å². The first-order valence-corrected chi connectivity index (χ1v) is 9.52. The Morgan fingerprint density at radius 3 is 2.52 bits per heavy atom. The van der Waals surface area contributed by atoms with Crippen molar-refractivity contribution in [3.05, 3.63) is 24.3 Å². The SMILES string of the molecule is CCC1C2CNCC2CN1c1ccc(S(=O)(=O)CC)cc1. The quantitative estimate of drug-likeness (QED) is 0.923. The van der Waals surface area contributed by atoms with E-state index in [9.17, 15) is 8.42 Å². The van der Waals surface area contributed by atoms with Crippen molar-refractivity contribution in [3.63, 3.8) is 0 Å². The highest BCUT2D eigenvalue weighted by Gasteiger charge is 2.43. The van der Waals surface area contributed by atoms with Crippen molar-refractivity contribution < 1.29 is 8.42 Å². The molecule has 0 saturated carbocycles. The van der Waals surface area contributed by atoms with E-state index in [1.165, 1.54) is 0 Å². The Bertz CT molecular complexity index is 597. The minimum atomic E-state index is -3.10. The summed E-state index contributed by atoms with van der Waals surface area (Å²) in [5.74, 6) is 1.62. The van der Waals surface area contributed by atoms with Crippen LogP contribution in [0.2, 0.25) is 0 Å². The number of anilines is 1. The van der Waals surface area contributed by atoms with Gasteiger partial charge in [-0.3, -0.25) is 0 Å². The molecule has 2 fully saturated rings. The van der Waals surface area contributed by atoms with Gasteiger partial charge < -0.3 is 10.2 Å². The summed E-state index contributed by atoms with van der Waals surface area (Å²) in [7, 11) is -3.10. The Morgan fingerprint density at radius 2 is 1.90 bits per heavy atom. The van der Waals surface area contributed by atoms with E-state index < -0.39 is 9.84 Å². The van der Waals surface area contributed by atoms with Crippen molar-refractivity contribution in [2.24, 2.45) is 11.8 Å². The highest BCUT2D eigenvalue weighted by Crippen LogP contribution is 2.37. The normalized spacial score (nSPS) is 28.9. The van der Waals surface area contributed by atoms with Crippen LogP contribution in [-0.4, -0.2) is 39.8 Å². The first kappa shape index (κ1) is 14.9. The molecule has 2 aliphatic rings. The van der Waals surface area contributed by atoms with E-state index in [1.54, 1.807) is 19.1 Å². The van der Waals surface area contributed by atoms with E-state index in [4.69, 9.17) is 0 Å². The van der Waals surface area contributed by atoms with Gasteiger partial charge in [0.1, 0.15) is 0 Å². The number of fused-ring (bicyclic) bond motifs is 1. The summed E-state index contributed by atoms with van der Waals surface area (Å²) in [6.45, 7) is 7.23. The maximum absolute atomic E-state index is 11.9. The summed E-state index contributed by atoms with van der Waals surface area (Å²) in [6, 6.07) is 8.03. The Labute approximate surface area is 127 Å². The van der Waals surface area contributed by atoms with Gasteiger partial charge in [-0.15, -0.1) is 0 Å². The smallest absolute Gasteiger partial charge is 0.178 e. The lowest BCUT2D eigenvalue weighted by molar-refractivity contribution is 0.442. The molecule has 4 nitrogen and oxygen atoms in total. The van der Waals surface area contributed by atoms with E-state index in [-0.39, 0.29) is 5.75 Å². The molecular weight excluding hydrogens is 284 g/mol. The molecule has 3 atom stereocenters. The molecule has 0 spiro atoms. The molecule has 1 aromatic carbocycles. The Balaban J connectivity index is 1.84. The third-order valence-corrected chi connectivity index (χ3v) is 6.79. The van der Waals surface area contributed by atoms with Gasteiger partial charge >= 0.3 is 0 Å². The van der Waals surface area contributed by atoms with Gasteiger partial charge in [0.15, 0.2) is 9.84 Å². The fourth-order valence-corrected chi connectivity index (χ4v) is 4.74. The molecule has 0 radical (unpaired) electrons. The zero-order valence-electron chi connectivity index (χ0n) is 12.7. The average molecular weight is 308 g/mol. The molecule has 2 saturated heterocycles. The zero-order chi connectivity index (χ0) is 15.0. The van der Waals surface area contributed by atoms with Crippen LogP contribution in [-0.2, 0) is 9.84 Å². The van der Waals surface area contributed by atoms with E-state index >= 15 is 0 Å². The lowest BCUT2D eigenvalue weighted by Crippen LogP contribution is -2.35. The maximum atomic E-state index is 11.9. The third-order valence-electron chi connectivity index (χ3n) is 5.04. The highest BCUT2D eigenvalue weighted by atomic mass is 32.2. The van der Waals surface area contributed by atoms with Gasteiger partial charge in [0, 0.05) is 31.4 Å². The minimum absolute atomic E-state index is 0.156. The molecule has 2 aliphatic heterocycles. The molecule has 1 N–H and O–H groups in total. The number of rotatable bonds is 4. The average Bonchev–Trinajstić information content (AvgIpc) is 3.07. The zero-order valence-corrected chi connectivity index (χ0v) is 13.6. The molecular formula is C16H24N2O2S. The number of hydrogen-bond donors (Lipinski definition) is 1. The molecule has 0 aromatic heterocycles. The van der Waals surface area contributed by atoms with Crippen LogP contribution in [0, 0.1) is 11.8 Å². The van der Waals surface area contributed by atoms with Crippen molar-refractivity contribution in [2.45, 2.75) is 31.2 Å². The van der Waals surface area contributed by atoms with Gasteiger partial charge in [-0.1, -0.05) is 13.8 Å². The van der Waals surface area contributed by atoms with Gasteiger partial charge in [0.05, 0.1) is 10.6 Å². The second-order valence-electron chi connectivity index (χ2n) is 6.11. The number of sulfone groups is 1. The minimum Gasteiger partial charge on any atom is -0.368 e. The third kappa shape index (κ3) is 2.57. The number of nitrogens with zero attached hydrogens (tertiary/aromatic N) is 1. The lowest BCUT2D eigenvalue weighted by Gasteiger charge is -2.29. The van der Waals surface area contributed by atoms with Gasteiger partial charge in [-0.05, 0) is 42.5 Å². The van der Waals surface area contributed by atoms with Crippen LogP contribution >= 0.6 is 0 Å². The first-order chi connectivity index (χ1) is 10.1. The van der Waals surface area contributed by atoms with Crippen molar-refractivity contribution in [3.8, 4) is 0 Å². The molecule has 3 unspecified atom stereocenters. The van der Waals surface area contributed by atoms with Crippen molar-refractivity contribution >= 4 is 15.5 Å². The summed E-state index contributed by atoms with van der Waals surface area (Å²) in [5.41, 5.74) is 1.16. The molecule has 21 heavy (non-hydrogen) atoms.